The van der Waals surface area contributed by atoms with E-state index in [1.165, 1.54) is 12.8 Å². The van der Waals surface area contributed by atoms with E-state index in [2.05, 4.69) is 25.5 Å². The molecule has 1 fully saturated rings. The van der Waals surface area contributed by atoms with Crippen molar-refractivity contribution >= 4 is 11.4 Å². The lowest BCUT2D eigenvalue weighted by molar-refractivity contribution is 0.174. The highest BCUT2D eigenvalue weighted by atomic mass is 16.6. The lowest BCUT2D eigenvalue weighted by Crippen LogP contribution is -2.13. The van der Waals surface area contributed by atoms with E-state index in [4.69, 9.17) is 9.36 Å². The molecule has 114 valence electrons. The lowest BCUT2D eigenvalue weighted by atomic mass is 10.2. The van der Waals surface area contributed by atoms with Gasteiger partial charge in [-0.3, -0.25) is 0 Å². The van der Waals surface area contributed by atoms with E-state index < -0.39 is 0 Å². The quantitative estimate of drug-likeness (QED) is 0.847. The van der Waals surface area contributed by atoms with Crippen LogP contribution in [0.2, 0.25) is 0 Å². The fourth-order valence-electron chi connectivity index (χ4n) is 2.41. The van der Waals surface area contributed by atoms with Crippen molar-refractivity contribution in [3.8, 4) is 11.6 Å². The summed E-state index contributed by atoms with van der Waals surface area (Å²) in [7, 11) is 3.99. The molecule has 0 aromatic carbocycles. The molecule has 0 amide bonds. The molecule has 1 aliphatic heterocycles. The molecule has 0 spiro atoms. The third-order valence-electron chi connectivity index (χ3n) is 3.76. The van der Waals surface area contributed by atoms with Crippen molar-refractivity contribution in [1.29, 1.82) is 0 Å². The van der Waals surface area contributed by atoms with Gasteiger partial charge in [-0.05, 0) is 18.9 Å². The van der Waals surface area contributed by atoms with Gasteiger partial charge in [0.05, 0.1) is 11.4 Å². The third-order valence-corrected chi connectivity index (χ3v) is 3.76. The van der Waals surface area contributed by atoms with E-state index in [1.54, 1.807) is 0 Å². The summed E-state index contributed by atoms with van der Waals surface area (Å²) < 4.78 is 5.30. The fourth-order valence-corrected chi connectivity index (χ4v) is 2.41. The number of rotatable bonds is 4. The van der Waals surface area contributed by atoms with E-state index in [0.717, 1.165) is 11.4 Å². The van der Waals surface area contributed by atoms with Crippen molar-refractivity contribution in [3.05, 3.63) is 17.6 Å². The number of hydrogen-bond donors (Lipinski definition) is 0. The van der Waals surface area contributed by atoms with Crippen LogP contribution in [0.25, 0.3) is 11.6 Å². The second-order valence-electron chi connectivity index (χ2n) is 5.71. The van der Waals surface area contributed by atoms with Gasteiger partial charge in [0, 0.05) is 26.4 Å². The molecule has 8 nitrogen and oxygen atoms in total. The van der Waals surface area contributed by atoms with E-state index in [9.17, 15) is 0 Å². The first-order chi connectivity index (χ1) is 10.7. The zero-order valence-electron chi connectivity index (χ0n) is 12.5. The molecule has 1 saturated carbocycles. The van der Waals surface area contributed by atoms with Gasteiger partial charge in [0.25, 0.3) is 5.89 Å². The summed E-state index contributed by atoms with van der Waals surface area (Å²) in [4.78, 5) is 11.3. The van der Waals surface area contributed by atoms with Crippen LogP contribution in [0, 0.1) is 0 Å². The molecule has 2 aromatic heterocycles. The van der Waals surface area contributed by atoms with E-state index >= 15 is 0 Å². The summed E-state index contributed by atoms with van der Waals surface area (Å²) in [5, 5.41) is 16.5. The first-order valence-corrected chi connectivity index (χ1v) is 7.30. The van der Waals surface area contributed by atoms with Crippen molar-refractivity contribution in [1.82, 2.24) is 20.3 Å². The van der Waals surface area contributed by atoms with Crippen LogP contribution < -0.4 is 4.90 Å². The van der Waals surface area contributed by atoms with Crippen molar-refractivity contribution < 1.29 is 9.36 Å². The van der Waals surface area contributed by atoms with Gasteiger partial charge in [-0.1, -0.05) is 10.3 Å². The SMILES string of the molecule is CN(C)c1cc(-c2nc(C3=NOCC3)no2)nnc1C1CC1. The van der Waals surface area contributed by atoms with Crippen LogP contribution in [0.15, 0.2) is 15.7 Å². The fraction of sp³-hybridized carbons (Fsp3) is 0.500. The predicted molar refractivity (Wildman–Crippen MR) is 78.7 cm³/mol. The Bertz CT molecular complexity index is 735. The Morgan fingerprint density at radius 1 is 1.23 bits per heavy atom. The van der Waals surface area contributed by atoms with Crippen LogP contribution in [-0.4, -0.2) is 46.8 Å². The Labute approximate surface area is 127 Å². The minimum atomic E-state index is 0.350. The minimum absolute atomic E-state index is 0.350. The molecule has 0 atom stereocenters. The van der Waals surface area contributed by atoms with Crippen molar-refractivity contribution in [2.75, 3.05) is 25.6 Å². The molecule has 2 aromatic rings. The standard InChI is InChI=1S/C14H16N6O2/c1-20(2)11-7-10(16-17-12(11)8-3-4-8)14-15-13(19-22-14)9-5-6-21-18-9/h7-8H,3-6H2,1-2H3. The zero-order chi connectivity index (χ0) is 15.1. The maximum absolute atomic E-state index is 5.30. The van der Waals surface area contributed by atoms with Crippen molar-refractivity contribution in [2.45, 2.75) is 25.2 Å². The second-order valence-corrected chi connectivity index (χ2v) is 5.71. The first-order valence-electron chi connectivity index (χ1n) is 7.30. The van der Waals surface area contributed by atoms with Gasteiger partial charge in [0.15, 0.2) is 5.69 Å². The molecule has 0 radical (unpaired) electrons. The summed E-state index contributed by atoms with van der Waals surface area (Å²) in [5.74, 6) is 1.33. The molecule has 1 aliphatic carbocycles. The smallest absolute Gasteiger partial charge is 0.278 e. The molecule has 0 bridgehead atoms. The van der Waals surface area contributed by atoms with Crippen molar-refractivity contribution in [3.63, 3.8) is 0 Å². The molecule has 0 unspecified atom stereocenters. The average molecular weight is 300 g/mol. The average Bonchev–Trinajstić information content (AvgIpc) is 3.03. The molecule has 2 aliphatic rings. The minimum Gasteiger partial charge on any atom is -0.395 e. The molecular formula is C14H16N6O2. The lowest BCUT2D eigenvalue weighted by Gasteiger charge is -2.16. The van der Waals surface area contributed by atoms with Crippen molar-refractivity contribution in [2.24, 2.45) is 5.16 Å². The second kappa shape index (κ2) is 5.04. The molecule has 8 heteroatoms. The number of hydrogen-bond acceptors (Lipinski definition) is 8. The van der Waals surface area contributed by atoms with E-state index in [-0.39, 0.29) is 0 Å². The van der Waals surface area contributed by atoms with E-state index in [1.807, 2.05) is 25.1 Å². The van der Waals surface area contributed by atoms with Crippen LogP contribution in [0.4, 0.5) is 5.69 Å². The van der Waals surface area contributed by atoms with E-state index in [0.29, 0.717) is 42.1 Å². The van der Waals surface area contributed by atoms with Gasteiger partial charge in [0.1, 0.15) is 12.3 Å². The monoisotopic (exact) mass is 300 g/mol. The first kappa shape index (κ1) is 13.2. The predicted octanol–water partition coefficient (Wildman–Crippen LogP) is 1.59. The molecule has 4 rings (SSSR count). The number of oxime groups is 1. The summed E-state index contributed by atoms with van der Waals surface area (Å²) in [6, 6.07) is 1.95. The highest BCUT2D eigenvalue weighted by Crippen LogP contribution is 2.43. The number of anilines is 1. The number of aromatic nitrogens is 4. The third kappa shape index (κ3) is 2.30. The van der Waals surface area contributed by atoms with Crippen LogP contribution in [0.1, 0.15) is 36.7 Å². The Hall–Kier alpha value is -2.51. The van der Waals surface area contributed by atoms with Gasteiger partial charge >= 0.3 is 0 Å². The summed E-state index contributed by atoms with van der Waals surface area (Å²) in [6.45, 7) is 0.555. The van der Waals surface area contributed by atoms with Crippen LogP contribution >= 0.6 is 0 Å². The molecular weight excluding hydrogens is 284 g/mol. The maximum Gasteiger partial charge on any atom is 0.278 e. The molecule has 3 heterocycles. The van der Waals surface area contributed by atoms with Crippen LogP contribution in [0.5, 0.6) is 0 Å². The molecule has 0 N–H and O–H groups in total. The van der Waals surface area contributed by atoms with Crippen LogP contribution in [0.3, 0.4) is 0 Å². The molecule has 22 heavy (non-hydrogen) atoms. The Morgan fingerprint density at radius 3 is 2.77 bits per heavy atom. The largest absolute Gasteiger partial charge is 0.395 e. The van der Waals surface area contributed by atoms with Gasteiger partial charge < -0.3 is 14.3 Å². The highest BCUT2D eigenvalue weighted by Gasteiger charge is 2.30. The summed E-state index contributed by atoms with van der Waals surface area (Å²) in [6.07, 6.45) is 3.05. The summed E-state index contributed by atoms with van der Waals surface area (Å²) >= 11 is 0. The van der Waals surface area contributed by atoms with Gasteiger partial charge in [0.2, 0.25) is 5.82 Å². The highest BCUT2D eigenvalue weighted by molar-refractivity contribution is 5.97. The summed E-state index contributed by atoms with van der Waals surface area (Å²) in [5.41, 5.74) is 3.37. The van der Waals surface area contributed by atoms with Gasteiger partial charge in [-0.2, -0.15) is 10.1 Å². The normalized spacial score (nSPS) is 17.3. The Morgan fingerprint density at radius 2 is 2.09 bits per heavy atom. The van der Waals surface area contributed by atoms with Crippen LogP contribution in [-0.2, 0) is 4.84 Å². The van der Waals surface area contributed by atoms with Gasteiger partial charge in [-0.25, -0.2) is 0 Å². The number of nitrogens with zero attached hydrogens (tertiary/aromatic N) is 6. The Kier molecular flexibility index (Phi) is 3.02. The maximum atomic E-state index is 5.30. The zero-order valence-corrected chi connectivity index (χ0v) is 12.5. The topological polar surface area (TPSA) is 89.5 Å². The van der Waals surface area contributed by atoms with Gasteiger partial charge in [-0.15, -0.1) is 5.10 Å². The Balaban J connectivity index is 1.68. The molecule has 0 saturated heterocycles.